The molecule has 0 aliphatic carbocycles. The standard InChI is InChI=1S/C24H23N5O/c1-3-17-13-25-22-21(17)23(27-15-26-22)29-12-10-19-9-11-28(14-20(19)29)24(30)16(2)18-7-5-4-6-8-18/h1,4-8,13,15,19-20H,2,9-12,14H2,(H,25,26,27)/t19-,20-/m1/s1. The molecule has 0 saturated carbocycles. The quantitative estimate of drug-likeness (QED) is 0.545. The molecule has 0 spiro atoms. The molecule has 6 heteroatoms. The normalized spacial score (nSPS) is 20.8. The predicted molar refractivity (Wildman–Crippen MR) is 118 cm³/mol. The summed E-state index contributed by atoms with van der Waals surface area (Å²) in [6.07, 6.45) is 11.2. The molecule has 2 aliphatic heterocycles. The SMILES string of the molecule is C#Cc1c[nH]c2ncnc(N3CC[C@H]4CCN(C(=O)C(=C)c5ccccc5)C[C@H]43)c12. The van der Waals surface area contributed by atoms with Crippen molar-refractivity contribution >= 4 is 28.3 Å². The highest BCUT2D eigenvalue weighted by molar-refractivity contribution is 6.18. The van der Waals surface area contributed by atoms with Gasteiger partial charge in [0, 0.05) is 31.4 Å². The largest absolute Gasteiger partial charge is 0.351 e. The van der Waals surface area contributed by atoms with E-state index in [1.54, 1.807) is 12.5 Å². The average Bonchev–Trinajstić information content (AvgIpc) is 3.42. The number of aromatic amines is 1. The molecule has 150 valence electrons. The lowest BCUT2D eigenvalue weighted by molar-refractivity contribution is -0.126. The van der Waals surface area contributed by atoms with E-state index >= 15 is 0 Å². The van der Waals surface area contributed by atoms with E-state index in [1.165, 1.54) is 0 Å². The summed E-state index contributed by atoms with van der Waals surface area (Å²) in [6, 6.07) is 9.87. The van der Waals surface area contributed by atoms with E-state index < -0.39 is 0 Å². The minimum Gasteiger partial charge on any atom is -0.351 e. The summed E-state index contributed by atoms with van der Waals surface area (Å²) in [5.41, 5.74) is 2.93. The first kappa shape index (κ1) is 18.4. The first-order valence-electron chi connectivity index (χ1n) is 10.3. The maximum absolute atomic E-state index is 13.2. The number of benzene rings is 1. The third kappa shape index (κ3) is 2.94. The second kappa shape index (κ2) is 7.34. The van der Waals surface area contributed by atoms with Gasteiger partial charge in [-0.15, -0.1) is 6.42 Å². The first-order valence-corrected chi connectivity index (χ1v) is 10.3. The van der Waals surface area contributed by atoms with Gasteiger partial charge >= 0.3 is 0 Å². The second-order valence-electron chi connectivity index (χ2n) is 7.96. The number of aromatic nitrogens is 3. The van der Waals surface area contributed by atoms with Gasteiger partial charge in [-0.1, -0.05) is 42.8 Å². The Bertz CT molecular complexity index is 1160. The van der Waals surface area contributed by atoms with Crippen molar-refractivity contribution in [2.24, 2.45) is 5.92 Å². The number of fused-ring (bicyclic) bond motifs is 2. The van der Waals surface area contributed by atoms with Gasteiger partial charge in [0.25, 0.3) is 5.91 Å². The van der Waals surface area contributed by atoms with Crippen molar-refractivity contribution in [2.75, 3.05) is 24.5 Å². The van der Waals surface area contributed by atoms with Crippen LogP contribution in [0.25, 0.3) is 16.6 Å². The Balaban J connectivity index is 1.43. The van der Waals surface area contributed by atoms with Crippen molar-refractivity contribution in [3.63, 3.8) is 0 Å². The van der Waals surface area contributed by atoms with Crippen LogP contribution in [0, 0.1) is 18.3 Å². The molecule has 4 heterocycles. The fourth-order valence-electron chi connectivity index (χ4n) is 4.82. The smallest absolute Gasteiger partial charge is 0.253 e. The van der Waals surface area contributed by atoms with E-state index in [9.17, 15) is 4.79 Å². The fraction of sp³-hybridized carbons (Fsp3) is 0.292. The van der Waals surface area contributed by atoms with Crippen molar-refractivity contribution < 1.29 is 4.79 Å². The van der Waals surface area contributed by atoms with Gasteiger partial charge in [-0.2, -0.15) is 0 Å². The van der Waals surface area contributed by atoms with Crippen LogP contribution in [-0.4, -0.2) is 51.4 Å². The third-order valence-corrected chi connectivity index (χ3v) is 6.41. The Kier molecular flexibility index (Phi) is 4.51. The lowest BCUT2D eigenvalue weighted by atomic mass is 9.91. The van der Waals surface area contributed by atoms with Gasteiger partial charge in [-0.25, -0.2) is 9.97 Å². The molecular formula is C24H23N5O. The van der Waals surface area contributed by atoms with Crippen LogP contribution < -0.4 is 4.90 Å². The molecule has 30 heavy (non-hydrogen) atoms. The van der Waals surface area contributed by atoms with Gasteiger partial charge in [0.15, 0.2) is 0 Å². The molecule has 0 radical (unpaired) electrons. The van der Waals surface area contributed by atoms with Crippen molar-refractivity contribution in [1.82, 2.24) is 19.9 Å². The van der Waals surface area contributed by atoms with E-state index in [4.69, 9.17) is 6.42 Å². The third-order valence-electron chi connectivity index (χ3n) is 6.41. The van der Waals surface area contributed by atoms with E-state index in [0.29, 0.717) is 18.0 Å². The summed E-state index contributed by atoms with van der Waals surface area (Å²) >= 11 is 0. The summed E-state index contributed by atoms with van der Waals surface area (Å²) in [5, 5.41) is 0.887. The summed E-state index contributed by atoms with van der Waals surface area (Å²) in [6.45, 7) is 6.39. The molecule has 5 rings (SSSR count). The molecule has 1 amide bonds. The summed E-state index contributed by atoms with van der Waals surface area (Å²) < 4.78 is 0. The minimum atomic E-state index is 0.00490. The number of carbonyl (C=O) groups excluding carboxylic acids is 1. The highest BCUT2D eigenvalue weighted by Gasteiger charge is 2.41. The van der Waals surface area contributed by atoms with Gasteiger partial charge in [-0.3, -0.25) is 4.79 Å². The number of nitrogens with zero attached hydrogens (tertiary/aromatic N) is 4. The van der Waals surface area contributed by atoms with Gasteiger partial charge < -0.3 is 14.8 Å². The fourth-order valence-corrected chi connectivity index (χ4v) is 4.82. The number of anilines is 1. The van der Waals surface area contributed by atoms with E-state index in [1.807, 2.05) is 35.2 Å². The van der Waals surface area contributed by atoms with Crippen LogP contribution in [0.1, 0.15) is 24.0 Å². The molecule has 6 nitrogen and oxygen atoms in total. The number of hydrogen-bond donors (Lipinski definition) is 1. The van der Waals surface area contributed by atoms with Crippen LogP contribution in [0.2, 0.25) is 0 Å². The molecule has 2 fully saturated rings. The van der Waals surface area contributed by atoms with Crippen LogP contribution in [0.15, 0.2) is 49.4 Å². The highest BCUT2D eigenvalue weighted by atomic mass is 16.2. The molecule has 1 aromatic carbocycles. The molecule has 0 unspecified atom stereocenters. The number of carbonyl (C=O) groups is 1. The number of likely N-dealkylation sites (tertiary alicyclic amines) is 1. The zero-order valence-electron chi connectivity index (χ0n) is 16.7. The number of hydrogen-bond acceptors (Lipinski definition) is 4. The van der Waals surface area contributed by atoms with Crippen LogP contribution in [0.4, 0.5) is 5.82 Å². The highest BCUT2D eigenvalue weighted by Crippen LogP contribution is 2.38. The summed E-state index contributed by atoms with van der Waals surface area (Å²) in [5.74, 6) is 4.14. The molecule has 2 aromatic heterocycles. The van der Waals surface area contributed by atoms with Gasteiger partial charge in [0.1, 0.15) is 17.8 Å². The number of rotatable bonds is 3. The van der Waals surface area contributed by atoms with Crippen molar-refractivity contribution in [1.29, 1.82) is 0 Å². The minimum absolute atomic E-state index is 0.00490. The Hall–Kier alpha value is -3.59. The number of H-pyrrole nitrogens is 1. The monoisotopic (exact) mass is 397 g/mol. The Morgan fingerprint density at radius 1 is 1.20 bits per heavy atom. The van der Waals surface area contributed by atoms with E-state index in [2.05, 4.69) is 32.4 Å². The van der Waals surface area contributed by atoms with E-state index in [0.717, 1.165) is 53.9 Å². The lowest BCUT2D eigenvalue weighted by Crippen LogP contribution is -2.50. The Labute approximate surface area is 175 Å². The Morgan fingerprint density at radius 3 is 2.80 bits per heavy atom. The van der Waals surface area contributed by atoms with Gasteiger partial charge in [-0.05, 0) is 24.3 Å². The zero-order chi connectivity index (χ0) is 20.7. The van der Waals surface area contributed by atoms with Crippen molar-refractivity contribution in [3.05, 3.63) is 60.6 Å². The maximum Gasteiger partial charge on any atom is 0.253 e. The number of amides is 1. The number of piperidine rings is 1. The van der Waals surface area contributed by atoms with E-state index in [-0.39, 0.29) is 11.9 Å². The zero-order valence-corrected chi connectivity index (χ0v) is 16.7. The van der Waals surface area contributed by atoms with Gasteiger partial charge in [0.2, 0.25) is 0 Å². The van der Waals surface area contributed by atoms with Crippen LogP contribution in [0.5, 0.6) is 0 Å². The lowest BCUT2D eigenvalue weighted by Gasteiger charge is -2.39. The molecule has 1 N–H and O–H groups in total. The van der Waals surface area contributed by atoms with Crippen LogP contribution >= 0.6 is 0 Å². The molecule has 2 atom stereocenters. The number of nitrogens with one attached hydrogen (secondary N) is 1. The number of terminal acetylenes is 1. The van der Waals surface area contributed by atoms with Crippen molar-refractivity contribution in [2.45, 2.75) is 18.9 Å². The first-order chi connectivity index (χ1) is 14.7. The van der Waals surface area contributed by atoms with Crippen molar-refractivity contribution in [3.8, 4) is 12.3 Å². The molecule has 2 aliphatic rings. The maximum atomic E-state index is 13.2. The van der Waals surface area contributed by atoms with Gasteiger partial charge in [0.05, 0.1) is 17.0 Å². The van der Waals surface area contributed by atoms with Crippen LogP contribution in [-0.2, 0) is 4.79 Å². The molecular weight excluding hydrogens is 374 g/mol. The molecule has 3 aromatic rings. The Morgan fingerprint density at radius 2 is 2.00 bits per heavy atom. The molecule has 2 saturated heterocycles. The molecule has 0 bridgehead atoms. The summed E-state index contributed by atoms with van der Waals surface area (Å²) in [7, 11) is 0. The average molecular weight is 397 g/mol. The second-order valence-corrected chi connectivity index (χ2v) is 7.96. The topological polar surface area (TPSA) is 65.1 Å². The van der Waals surface area contributed by atoms with Crippen LogP contribution in [0.3, 0.4) is 0 Å². The predicted octanol–water partition coefficient (Wildman–Crippen LogP) is 3.08. The summed E-state index contributed by atoms with van der Waals surface area (Å²) in [4.78, 5) is 29.5.